The fourth-order valence-electron chi connectivity index (χ4n) is 2.62. The smallest absolute Gasteiger partial charge is 0.326 e. The van der Waals surface area contributed by atoms with Crippen LogP contribution in [0.15, 0.2) is 0 Å². The second-order valence-corrected chi connectivity index (χ2v) is 7.19. The molecule has 8 heteroatoms. The standard InChI is InChI=1S/C16H29N3O4S/c1-4-10(2)13(16(22)23)19-15(21)12(7-9-24-3)18-14(20)11-6-5-8-17-11/h10-13,17H,4-9H2,1-3H3,(H,18,20)(H,19,21)(H,22,23). The molecule has 1 fully saturated rings. The zero-order valence-corrected chi connectivity index (χ0v) is 15.4. The van der Waals surface area contributed by atoms with Gasteiger partial charge in [0, 0.05) is 0 Å². The summed E-state index contributed by atoms with van der Waals surface area (Å²) < 4.78 is 0. The fourth-order valence-corrected chi connectivity index (χ4v) is 3.09. The first-order chi connectivity index (χ1) is 11.4. The highest BCUT2D eigenvalue weighted by Gasteiger charge is 2.31. The number of carbonyl (C=O) groups excluding carboxylic acids is 2. The van der Waals surface area contributed by atoms with Gasteiger partial charge in [0.05, 0.1) is 6.04 Å². The maximum absolute atomic E-state index is 12.5. The molecule has 1 saturated heterocycles. The van der Waals surface area contributed by atoms with Crippen molar-refractivity contribution in [3.63, 3.8) is 0 Å². The number of amides is 2. The van der Waals surface area contributed by atoms with Crippen molar-refractivity contribution in [2.75, 3.05) is 18.6 Å². The Morgan fingerprint density at radius 1 is 1.33 bits per heavy atom. The summed E-state index contributed by atoms with van der Waals surface area (Å²) >= 11 is 1.58. The number of carboxylic acids is 1. The first-order valence-electron chi connectivity index (χ1n) is 8.46. The van der Waals surface area contributed by atoms with Gasteiger partial charge in [0.2, 0.25) is 11.8 Å². The minimum atomic E-state index is -1.05. The van der Waals surface area contributed by atoms with Gasteiger partial charge in [0.25, 0.3) is 0 Å². The number of thioether (sulfide) groups is 1. The Morgan fingerprint density at radius 2 is 2.04 bits per heavy atom. The molecule has 7 nitrogen and oxygen atoms in total. The van der Waals surface area contributed by atoms with Crippen LogP contribution in [0.1, 0.15) is 39.5 Å². The van der Waals surface area contributed by atoms with Crippen LogP contribution in [-0.4, -0.2) is 59.6 Å². The van der Waals surface area contributed by atoms with E-state index in [1.165, 1.54) is 0 Å². The van der Waals surface area contributed by atoms with E-state index in [9.17, 15) is 19.5 Å². The van der Waals surface area contributed by atoms with E-state index < -0.39 is 24.0 Å². The number of hydrogen-bond acceptors (Lipinski definition) is 5. The number of carbonyl (C=O) groups is 3. The van der Waals surface area contributed by atoms with Crippen LogP contribution in [0.4, 0.5) is 0 Å². The molecule has 4 unspecified atom stereocenters. The largest absolute Gasteiger partial charge is 0.480 e. The van der Waals surface area contributed by atoms with Gasteiger partial charge in [-0.2, -0.15) is 11.8 Å². The lowest BCUT2D eigenvalue weighted by Gasteiger charge is -2.25. The van der Waals surface area contributed by atoms with Gasteiger partial charge in [-0.05, 0) is 43.7 Å². The van der Waals surface area contributed by atoms with Crippen LogP contribution < -0.4 is 16.0 Å². The van der Waals surface area contributed by atoms with Crippen LogP contribution in [0.5, 0.6) is 0 Å². The molecule has 4 atom stereocenters. The van der Waals surface area contributed by atoms with E-state index in [1.54, 1.807) is 18.7 Å². The molecule has 24 heavy (non-hydrogen) atoms. The number of aliphatic carboxylic acids is 1. The monoisotopic (exact) mass is 359 g/mol. The SMILES string of the molecule is CCC(C)C(NC(=O)C(CCSC)NC(=O)C1CCCN1)C(=O)O. The Bertz CT molecular complexity index is 441. The molecule has 2 amide bonds. The van der Waals surface area contributed by atoms with Crippen molar-refractivity contribution in [1.29, 1.82) is 0 Å². The van der Waals surface area contributed by atoms with Gasteiger partial charge in [-0.1, -0.05) is 20.3 Å². The van der Waals surface area contributed by atoms with Crippen LogP contribution >= 0.6 is 11.8 Å². The predicted octanol–water partition coefficient (Wildman–Crippen LogP) is 0.592. The molecule has 0 saturated carbocycles. The minimum Gasteiger partial charge on any atom is -0.480 e. The molecular formula is C16H29N3O4S. The Balaban J connectivity index is 2.71. The lowest BCUT2D eigenvalue weighted by Crippen LogP contribution is -2.55. The topological polar surface area (TPSA) is 108 Å². The van der Waals surface area contributed by atoms with Crippen LogP contribution in [0, 0.1) is 5.92 Å². The van der Waals surface area contributed by atoms with Crippen molar-refractivity contribution >= 4 is 29.5 Å². The van der Waals surface area contributed by atoms with E-state index in [2.05, 4.69) is 16.0 Å². The molecule has 138 valence electrons. The summed E-state index contributed by atoms with van der Waals surface area (Å²) in [5, 5.41) is 17.8. The van der Waals surface area contributed by atoms with Crippen molar-refractivity contribution < 1.29 is 19.5 Å². The summed E-state index contributed by atoms with van der Waals surface area (Å²) in [5.74, 6) is -1.14. The van der Waals surface area contributed by atoms with Crippen molar-refractivity contribution in [1.82, 2.24) is 16.0 Å². The molecule has 1 aliphatic heterocycles. The van der Waals surface area contributed by atoms with E-state index >= 15 is 0 Å². The first-order valence-corrected chi connectivity index (χ1v) is 9.85. The highest BCUT2D eigenvalue weighted by molar-refractivity contribution is 7.98. The van der Waals surface area contributed by atoms with Crippen molar-refractivity contribution in [3.8, 4) is 0 Å². The van der Waals surface area contributed by atoms with Gasteiger partial charge >= 0.3 is 5.97 Å². The third-order valence-corrected chi connectivity index (χ3v) is 5.04. The summed E-state index contributed by atoms with van der Waals surface area (Å²) in [4.78, 5) is 36.2. The average Bonchev–Trinajstić information content (AvgIpc) is 3.09. The van der Waals surface area contributed by atoms with Gasteiger partial charge in [-0.15, -0.1) is 0 Å². The molecule has 1 heterocycles. The molecule has 0 spiro atoms. The molecule has 0 aromatic rings. The molecule has 1 rings (SSSR count). The Kier molecular flexibility index (Phi) is 9.13. The van der Waals surface area contributed by atoms with Crippen molar-refractivity contribution in [3.05, 3.63) is 0 Å². The van der Waals surface area contributed by atoms with Crippen LogP contribution in [0.2, 0.25) is 0 Å². The average molecular weight is 359 g/mol. The van der Waals surface area contributed by atoms with E-state index in [4.69, 9.17) is 0 Å². The summed E-state index contributed by atoms with van der Waals surface area (Å²) in [5.41, 5.74) is 0. The number of carboxylic acid groups (broad SMARTS) is 1. The molecule has 0 aliphatic carbocycles. The lowest BCUT2D eigenvalue weighted by atomic mass is 9.98. The summed E-state index contributed by atoms with van der Waals surface area (Å²) in [6.45, 7) is 4.47. The zero-order valence-electron chi connectivity index (χ0n) is 14.6. The predicted molar refractivity (Wildman–Crippen MR) is 95.0 cm³/mol. The summed E-state index contributed by atoms with van der Waals surface area (Å²) in [7, 11) is 0. The van der Waals surface area contributed by atoms with Gasteiger partial charge in [0.1, 0.15) is 12.1 Å². The molecule has 0 radical (unpaired) electrons. The Labute approximate surface area is 147 Å². The van der Waals surface area contributed by atoms with Crippen LogP contribution in [0.25, 0.3) is 0 Å². The Morgan fingerprint density at radius 3 is 2.54 bits per heavy atom. The van der Waals surface area contributed by atoms with Crippen molar-refractivity contribution in [2.45, 2.75) is 57.7 Å². The van der Waals surface area contributed by atoms with E-state index in [0.717, 1.165) is 19.4 Å². The summed E-state index contributed by atoms with van der Waals surface area (Å²) in [6.07, 6.45) is 4.74. The fraction of sp³-hybridized carbons (Fsp3) is 0.812. The zero-order chi connectivity index (χ0) is 18.1. The van der Waals surface area contributed by atoms with Crippen LogP contribution in [0.3, 0.4) is 0 Å². The number of rotatable bonds is 10. The lowest BCUT2D eigenvalue weighted by molar-refractivity contribution is -0.143. The molecule has 0 aromatic heterocycles. The third-order valence-electron chi connectivity index (χ3n) is 4.40. The molecular weight excluding hydrogens is 330 g/mol. The normalized spacial score (nSPS) is 20.9. The highest BCUT2D eigenvalue weighted by Crippen LogP contribution is 2.10. The molecule has 0 bridgehead atoms. The minimum absolute atomic E-state index is 0.181. The van der Waals surface area contributed by atoms with E-state index in [0.29, 0.717) is 18.6 Å². The summed E-state index contributed by atoms with van der Waals surface area (Å²) in [6, 6.07) is -1.92. The van der Waals surface area contributed by atoms with Crippen molar-refractivity contribution in [2.24, 2.45) is 5.92 Å². The maximum Gasteiger partial charge on any atom is 0.326 e. The highest BCUT2D eigenvalue weighted by atomic mass is 32.2. The van der Waals surface area contributed by atoms with E-state index in [-0.39, 0.29) is 17.9 Å². The van der Waals surface area contributed by atoms with Crippen LogP contribution in [-0.2, 0) is 14.4 Å². The molecule has 1 aliphatic rings. The number of nitrogens with one attached hydrogen (secondary N) is 3. The van der Waals surface area contributed by atoms with Gasteiger partial charge in [-0.25, -0.2) is 4.79 Å². The van der Waals surface area contributed by atoms with Gasteiger partial charge in [-0.3, -0.25) is 9.59 Å². The second-order valence-electron chi connectivity index (χ2n) is 6.20. The van der Waals surface area contributed by atoms with Gasteiger partial charge in [0.15, 0.2) is 0 Å². The second kappa shape index (κ2) is 10.6. The maximum atomic E-state index is 12.5. The third kappa shape index (κ3) is 6.32. The quantitative estimate of drug-likeness (QED) is 0.455. The molecule has 4 N–H and O–H groups in total. The molecule has 0 aromatic carbocycles. The van der Waals surface area contributed by atoms with Gasteiger partial charge < -0.3 is 21.1 Å². The first kappa shape index (κ1) is 20.8. The Hall–Kier alpha value is -1.28. The van der Waals surface area contributed by atoms with E-state index in [1.807, 2.05) is 13.2 Å². The number of hydrogen-bond donors (Lipinski definition) is 4.